The summed E-state index contributed by atoms with van der Waals surface area (Å²) in [5.74, 6) is -0.886. The first-order chi connectivity index (χ1) is 7.21. The van der Waals surface area contributed by atoms with Crippen molar-refractivity contribution in [3.63, 3.8) is 0 Å². The van der Waals surface area contributed by atoms with Gasteiger partial charge in [0, 0.05) is 4.47 Å². The number of halogens is 3. The van der Waals surface area contributed by atoms with Gasteiger partial charge in [0.2, 0.25) is 5.91 Å². The van der Waals surface area contributed by atoms with Crippen LogP contribution < -0.4 is 11.1 Å². The molecule has 1 aromatic rings. The quantitative estimate of drug-likeness (QED) is 0.882. The van der Waals surface area contributed by atoms with Crippen molar-refractivity contribution in [1.29, 1.82) is 0 Å². The zero-order chi connectivity index (χ0) is 12.5. The Balaban J connectivity index is 3.03. The Hall–Kier alpha value is -0.650. The summed E-state index contributed by atoms with van der Waals surface area (Å²) >= 11 is 8.92. The van der Waals surface area contributed by atoms with Gasteiger partial charge in [0.05, 0.1) is 16.2 Å². The van der Waals surface area contributed by atoms with E-state index in [4.69, 9.17) is 17.3 Å². The van der Waals surface area contributed by atoms with Crippen LogP contribution in [-0.2, 0) is 4.79 Å². The smallest absolute Gasteiger partial charge is 0.243 e. The first-order valence-corrected chi connectivity index (χ1v) is 5.64. The molecule has 0 atom stereocenters. The van der Waals surface area contributed by atoms with Crippen molar-refractivity contribution in [2.45, 2.75) is 19.4 Å². The third kappa shape index (κ3) is 3.17. The van der Waals surface area contributed by atoms with Crippen molar-refractivity contribution in [3.8, 4) is 0 Å². The van der Waals surface area contributed by atoms with Gasteiger partial charge in [-0.15, -0.1) is 0 Å². The lowest BCUT2D eigenvalue weighted by molar-refractivity contribution is -0.120. The van der Waals surface area contributed by atoms with Crippen molar-refractivity contribution < 1.29 is 9.18 Å². The van der Waals surface area contributed by atoms with Gasteiger partial charge in [0.1, 0.15) is 5.82 Å². The fourth-order valence-electron chi connectivity index (χ4n) is 0.936. The fourth-order valence-corrected chi connectivity index (χ4v) is 1.84. The average Bonchev–Trinajstić information content (AvgIpc) is 2.08. The Morgan fingerprint density at radius 2 is 2.12 bits per heavy atom. The summed E-state index contributed by atoms with van der Waals surface area (Å²) in [6.45, 7) is 3.13. The Morgan fingerprint density at radius 3 is 2.56 bits per heavy atom. The van der Waals surface area contributed by atoms with Crippen LogP contribution in [-0.4, -0.2) is 11.4 Å². The van der Waals surface area contributed by atoms with Gasteiger partial charge in [-0.3, -0.25) is 4.79 Å². The van der Waals surface area contributed by atoms with Crippen LogP contribution in [0.25, 0.3) is 0 Å². The lowest BCUT2D eigenvalue weighted by Gasteiger charge is -2.19. The molecule has 0 saturated heterocycles. The fraction of sp³-hybridized carbons (Fsp3) is 0.300. The highest BCUT2D eigenvalue weighted by Crippen LogP contribution is 2.32. The minimum atomic E-state index is -1.03. The molecule has 0 radical (unpaired) electrons. The molecule has 0 aliphatic heterocycles. The van der Waals surface area contributed by atoms with Gasteiger partial charge >= 0.3 is 0 Å². The van der Waals surface area contributed by atoms with Gasteiger partial charge in [0.15, 0.2) is 0 Å². The molecule has 1 amide bonds. The van der Waals surface area contributed by atoms with Crippen LogP contribution >= 0.6 is 27.5 Å². The van der Waals surface area contributed by atoms with Crippen molar-refractivity contribution in [1.82, 2.24) is 0 Å². The molecular formula is C10H11BrClFN2O. The molecule has 6 heteroatoms. The minimum Gasteiger partial charge on any atom is -0.322 e. The van der Waals surface area contributed by atoms with E-state index in [1.54, 1.807) is 13.8 Å². The number of nitrogens with one attached hydrogen (secondary N) is 1. The maximum atomic E-state index is 12.9. The monoisotopic (exact) mass is 308 g/mol. The highest BCUT2D eigenvalue weighted by molar-refractivity contribution is 9.10. The van der Waals surface area contributed by atoms with Crippen LogP contribution in [0.15, 0.2) is 16.6 Å². The van der Waals surface area contributed by atoms with Crippen molar-refractivity contribution in [2.75, 3.05) is 5.32 Å². The topological polar surface area (TPSA) is 55.1 Å². The lowest BCUT2D eigenvalue weighted by Crippen LogP contribution is -2.45. The molecule has 0 unspecified atom stereocenters. The van der Waals surface area contributed by atoms with E-state index in [0.717, 1.165) is 6.07 Å². The van der Waals surface area contributed by atoms with Crippen molar-refractivity contribution in [3.05, 3.63) is 27.4 Å². The predicted octanol–water partition coefficient (Wildman–Crippen LogP) is 2.92. The average molecular weight is 310 g/mol. The second kappa shape index (κ2) is 4.69. The van der Waals surface area contributed by atoms with Gasteiger partial charge in [0.25, 0.3) is 0 Å². The van der Waals surface area contributed by atoms with Gasteiger partial charge in [-0.05, 0) is 41.9 Å². The Kier molecular flexibility index (Phi) is 3.93. The third-order valence-corrected chi connectivity index (χ3v) is 2.75. The summed E-state index contributed by atoms with van der Waals surface area (Å²) in [5, 5.41) is 2.65. The Morgan fingerprint density at radius 1 is 1.56 bits per heavy atom. The number of amides is 1. The molecule has 0 bridgehead atoms. The summed E-state index contributed by atoms with van der Waals surface area (Å²) < 4.78 is 13.3. The second-order valence-electron chi connectivity index (χ2n) is 3.92. The molecule has 0 fully saturated rings. The molecule has 0 saturated carbocycles. The van der Waals surface area contributed by atoms with E-state index < -0.39 is 17.3 Å². The molecule has 3 N–H and O–H groups in total. The summed E-state index contributed by atoms with van der Waals surface area (Å²) in [7, 11) is 0. The zero-order valence-corrected chi connectivity index (χ0v) is 11.1. The SMILES string of the molecule is CC(C)(N)C(=O)Nc1c(Cl)cc(F)cc1Br. The number of carbonyl (C=O) groups excluding carboxylic acids is 1. The summed E-state index contributed by atoms with van der Waals surface area (Å²) in [4.78, 5) is 11.6. The van der Waals surface area contributed by atoms with E-state index in [2.05, 4.69) is 21.2 Å². The standard InChI is InChI=1S/C10H11BrClFN2O/c1-10(2,14)9(16)15-8-6(11)3-5(13)4-7(8)12/h3-4H,14H2,1-2H3,(H,15,16). The predicted molar refractivity (Wildman–Crippen MR) is 66.0 cm³/mol. The van der Waals surface area contributed by atoms with E-state index in [1.165, 1.54) is 6.07 Å². The van der Waals surface area contributed by atoms with E-state index in [0.29, 0.717) is 10.2 Å². The third-order valence-electron chi connectivity index (χ3n) is 1.83. The Labute approximate surface area is 106 Å². The zero-order valence-electron chi connectivity index (χ0n) is 8.77. The summed E-state index contributed by atoms with van der Waals surface area (Å²) in [5.41, 5.74) is 4.89. The number of carbonyl (C=O) groups is 1. The molecule has 3 nitrogen and oxygen atoms in total. The van der Waals surface area contributed by atoms with E-state index >= 15 is 0 Å². The largest absolute Gasteiger partial charge is 0.322 e. The highest BCUT2D eigenvalue weighted by Gasteiger charge is 2.23. The Bertz CT molecular complexity index is 408. The molecule has 88 valence electrons. The normalized spacial score (nSPS) is 11.4. The van der Waals surface area contributed by atoms with Crippen LogP contribution in [0.5, 0.6) is 0 Å². The molecule has 1 rings (SSSR count). The number of anilines is 1. The van der Waals surface area contributed by atoms with Crippen LogP contribution in [0.1, 0.15) is 13.8 Å². The first-order valence-electron chi connectivity index (χ1n) is 4.46. The van der Waals surface area contributed by atoms with Crippen molar-refractivity contribution >= 4 is 39.1 Å². The van der Waals surface area contributed by atoms with Crippen LogP contribution in [0.4, 0.5) is 10.1 Å². The maximum absolute atomic E-state index is 12.9. The molecule has 0 aliphatic carbocycles. The molecular weight excluding hydrogens is 298 g/mol. The molecule has 16 heavy (non-hydrogen) atoms. The summed E-state index contributed by atoms with van der Waals surface area (Å²) in [6.07, 6.45) is 0. The van der Waals surface area contributed by atoms with E-state index in [9.17, 15) is 9.18 Å². The first kappa shape index (κ1) is 13.4. The van der Waals surface area contributed by atoms with Gasteiger partial charge in [-0.1, -0.05) is 11.6 Å². The molecule has 1 aromatic carbocycles. The lowest BCUT2D eigenvalue weighted by atomic mass is 10.1. The number of hydrogen-bond donors (Lipinski definition) is 2. The van der Waals surface area contributed by atoms with Crippen molar-refractivity contribution in [2.24, 2.45) is 5.73 Å². The number of nitrogens with two attached hydrogens (primary N) is 1. The van der Waals surface area contributed by atoms with E-state index in [-0.39, 0.29) is 5.02 Å². The highest BCUT2D eigenvalue weighted by atomic mass is 79.9. The van der Waals surface area contributed by atoms with Gasteiger partial charge < -0.3 is 11.1 Å². The molecule has 0 aliphatic rings. The van der Waals surface area contributed by atoms with Crippen LogP contribution in [0, 0.1) is 5.82 Å². The number of hydrogen-bond acceptors (Lipinski definition) is 2. The number of benzene rings is 1. The van der Waals surface area contributed by atoms with Gasteiger partial charge in [-0.25, -0.2) is 4.39 Å². The molecule has 0 spiro atoms. The molecule has 0 aromatic heterocycles. The second-order valence-corrected chi connectivity index (χ2v) is 5.18. The molecule has 0 heterocycles. The van der Waals surface area contributed by atoms with E-state index in [1.807, 2.05) is 0 Å². The maximum Gasteiger partial charge on any atom is 0.243 e. The van der Waals surface area contributed by atoms with Crippen LogP contribution in [0.2, 0.25) is 5.02 Å². The minimum absolute atomic E-state index is 0.115. The van der Waals surface area contributed by atoms with Crippen LogP contribution in [0.3, 0.4) is 0 Å². The number of rotatable bonds is 2. The summed E-state index contributed by atoms with van der Waals surface area (Å²) in [6, 6.07) is 2.33. The van der Waals surface area contributed by atoms with Gasteiger partial charge in [-0.2, -0.15) is 0 Å².